The molecule has 1 amide bonds. The summed E-state index contributed by atoms with van der Waals surface area (Å²) < 4.78 is 21.7. The average molecular weight is 359 g/mol. The Kier molecular flexibility index (Phi) is 10.6. The fraction of sp³-hybridized carbons (Fsp3) is 0.667. The van der Waals surface area contributed by atoms with Crippen LogP contribution < -0.4 is 10.2 Å². The van der Waals surface area contributed by atoms with Crippen molar-refractivity contribution in [2.75, 3.05) is 67.1 Å². The van der Waals surface area contributed by atoms with Crippen LogP contribution in [0.1, 0.15) is 0 Å². The SMILES string of the molecule is C#CCNCC(=O)N(CC#C)CCOP(=O)([O-])OCC[N+](C)(C)C. The topological polar surface area (TPSA) is 90.9 Å². The number of terminal acetylenes is 2. The lowest BCUT2D eigenvalue weighted by Gasteiger charge is -2.28. The summed E-state index contributed by atoms with van der Waals surface area (Å²) >= 11 is 0. The lowest BCUT2D eigenvalue weighted by molar-refractivity contribution is -0.870. The van der Waals surface area contributed by atoms with Gasteiger partial charge in [-0.15, -0.1) is 12.8 Å². The summed E-state index contributed by atoms with van der Waals surface area (Å²) in [5, 5.41) is 2.74. The first-order chi connectivity index (χ1) is 11.1. The van der Waals surface area contributed by atoms with Crippen molar-refractivity contribution < 1.29 is 27.8 Å². The molecule has 0 aliphatic carbocycles. The van der Waals surface area contributed by atoms with Crippen LogP contribution >= 0.6 is 7.82 Å². The van der Waals surface area contributed by atoms with Gasteiger partial charge >= 0.3 is 0 Å². The molecule has 0 aromatic heterocycles. The van der Waals surface area contributed by atoms with Crippen molar-refractivity contribution in [3.63, 3.8) is 0 Å². The minimum atomic E-state index is -4.40. The highest BCUT2D eigenvalue weighted by atomic mass is 31.2. The van der Waals surface area contributed by atoms with Gasteiger partial charge in [0.25, 0.3) is 7.82 Å². The Hall–Kier alpha value is -1.38. The van der Waals surface area contributed by atoms with Crippen LogP contribution in [0.2, 0.25) is 0 Å². The molecule has 0 aliphatic heterocycles. The molecular weight excluding hydrogens is 333 g/mol. The van der Waals surface area contributed by atoms with Gasteiger partial charge in [0.1, 0.15) is 13.2 Å². The van der Waals surface area contributed by atoms with Crippen molar-refractivity contribution in [1.29, 1.82) is 0 Å². The van der Waals surface area contributed by atoms with Gasteiger partial charge in [-0.1, -0.05) is 11.8 Å². The second kappa shape index (κ2) is 11.2. The number of nitrogens with one attached hydrogen (secondary N) is 1. The minimum Gasteiger partial charge on any atom is -0.756 e. The van der Waals surface area contributed by atoms with Crippen molar-refractivity contribution in [3.05, 3.63) is 0 Å². The van der Waals surface area contributed by atoms with E-state index in [0.717, 1.165) is 0 Å². The van der Waals surface area contributed by atoms with Gasteiger partial charge in [-0.3, -0.25) is 14.7 Å². The number of rotatable bonds is 12. The molecule has 0 saturated carbocycles. The Morgan fingerprint density at radius 1 is 1.25 bits per heavy atom. The molecule has 0 aliphatic rings. The van der Waals surface area contributed by atoms with Crippen LogP contribution in [0, 0.1) is 24.7 Å². The number of amides is 1. The molecule has 24 heavy (non-hydrogen) atoms. The first kappa shape index (κ1) is 22.6. The van der Waals surface area contributed by atoms with Gasteiger partial charge in [-0.25, -0.2) is 0 Å². The summed E-state index contributed by atoms with van der Waals surface area (Å²) in [7, 11) is 1.34. The largest absolute Gasteiger partial charge is 0.756 e. The molecule has 9 heteroatoms. The molecular formula is C15H26N3O5P. The van der Waals surface area contributed by atoms with Gasteiger partial charge in [0.15, 0.2) is 0 Å². The van der Waals surface area contributed by atoms with Crippen LogP contribution in [0.15, 0.2) is 0 Å². The maximum Gasteiger partial charge on any atom is 0.268 e. The van der Waals surface area contributed by atoms with E-state index in [1.165, 1.54) is 4.90 Å². The summed E-state index contributed by atoms with van der Waals surface area (Å²) in [6.45, 7) is 0.652. The first-order valence-electron chi connectivity index (χ1n) is 7.37. The standard InChI is InChI=1S/C15H26N3O5P/c1-6-8-16-14-15(19)17(9-7-2)10-12-22-24(20,21)23-13-11-18(3,4)5/h1-2,16H,8-14H2,3-5H3. The molecule has 8 nitrogen and oxygen atoms in total. The van der Waals surface area contributed by atoms with E-state index in [4.69, 9.17) is 21.9 Å². The molecule has 136 valence electrons. The van der Waals surface area contributed by atoms with Gasteiger partial charge in [0.05, 0.1) is 47.4 Å². The highest BCUT2D eigenvalue weighted by Gasteiger charge is 2.16. The van der Waals surface area contributed by atoms with Crippen LogP contribution in [0.5, 0.6) is 0 Å². The molecule has 0 rings (SSSR count). The monoisotopic (exact) mass is 359 g/mol. The Morgan fingerprint density at radius 2 is 1.88 bits per heavy atom. The van der Waals surface area contributed by atoms with E-state index >= 15 is 0 Å². The fourth-order valence-corrected chi connectivity index (χ4v) is 2.17. The van der Waals surface area contributed by atoms with Crippen LogP contribution in [0.25, 0.3) is 0 Å². The fourth-order valence-electron chi connectivity index (χ4n) is 1.48. The third-order valence-electron chi connectivity index (χ3n) is 2.76. The highest BCUT2D eigenvalue weighted by molar-refractivity contribution is 7.45. The van der Waals surface area contributed by atoms with Crippen molar-refractivity contribution in [2.24, 2.45) is 0 Å². The summed E-state index contributed by atoms with van der Waals surface area (Å²) in [4.78, 5) is 24.8. The minimum absolute atomic E-state index is 0.0148. The number of hydrogen-bond donors (Lipinski definition) is 1. The molecule has 0 aromatic rings. The van der Waals surface area contributed by atoms with Gasteiger partial charge in [-0.2, -0.15) is 0 Å². The molecule has 1 atom stereocenters. The van der Waals surface area contributed by atoms with Gasteiger partial charge < -0.3 is 23.3 Å². The summed E-state index contributed by atoms with van der Waals surface area (Å²) in [5.41, 5.74) is 0. The Labute approximate surface area is 144 Å². The molecule has 1 unspecified atom stereocenters. The lowest BCUT2D eigenvalue weighted by atomic mass is 10.4. The zero-order valence-corrected chi connectivity index (χ0v) is 15.4. The van der Waals surface area contributed by atoms with E-state index in [1.807, 2.05) is 21.1 Å². The van der Waals surface area contributed by atoms with E-state index < -0.39 is 7.82 Å². The Morgan fingerprint density at radius 3 is 2.42 bits per heavy atom. The molecule has 0 spiro atoms. The van der Waals surface area contributed by atoms with Crippen molar-refractivity contribution in [1.82, 2.24) is 10.2 Å². The molecule has 0 bridgehead atoms. The Balaban J connectivity index is 4.26. The van der Waals surface area contributed by atoms with Crippen molar-refractivity contribution in [2.45, 2.75) is 0 Å². The average Bonchev–Trinajstić information content (AvgIpc) is 2.44. The maximum atomic E-state index is 11.9. The number of likely N-dealkylation sites (N-methyl/N-ethyl adjacent to an activating group) is 1. The van der Waals surface area contributed by atoms with E-state index in [1.54, 1.807) is 0 Å². The summed E-state index contributed by atoms with van der Waals surface area (Å²) in [6.07, 6.45) is 10.3. The smallest absolute Gasteiger partial charge is 0.268 e. The quantitative estimate of drug-likeness (QED) is 0.205. The number of phosphoric acid groups is 1. The van der Waals surface area contributed by atoms with E-state index in [2.05, 4.69) is 17.2 Å². The number of hydrogen-bond acceptors (Lipinski definition) is 6. The van der Waals surface area contributed by atoms with E-state index in [-0.39, 0.29) is 45.3 Å². The third kappa shape index (κ3) is 12.1. The van der Waals surface area contributed by atoms with Crippen molar-refractivity contribution in [3.8, 4) is 24.7 Å². The second-order valence-corrected chi connectivity index (χ2v) is 7.37. The van der Waals surface area contributed by atoms with E-state index in [9.17, 15) is 14.3 Å². The third-order valence-corrected chi connectivity index (χ3v) is 3.76. The van der Waals surface area contributed by atoms with Crippen LogP contribution in [-0.4, -0.2) is 82.4 Å². The zero-order valence-electron chi connectivity index (χ0n) is 14.5. The van der Waals surface area contributed by atoms with Crippen LogP contribution in [-0.2, 0) is 18.4 Å². The maximum absolute atomic E-state index is 11.9. The van der Waals surface area contributed by atoms with E-state index in [0.29, 0.717) is 11.0 Å². The molecule has 0 aromatic carbocycles. The molecule has 0 radical (unpaired) electrons. The normalized spacial score (nSPS) is 13.6. The number of quaternary nitrogens is 1. The first-order valence-corrected chi connectivity index (χ1v) is 8.83. The van der Waals surface area contributed by atoms with Crippen molar-refractivity contribution >= 4 is 13.7 Å². The summed E-state index contributed by atoms with van der Waals surface area (Å²) in [5.74, 6) is 4.39. The number of nitrogens with zero attached hydrogens (tertiary/aromatic N) is 2. The Bertz CT molecular complexity index is 519. The molecule has 1 N–H and O–H groups in total. The van der Waals surface area contributed by atoms with Gasteiger partial charge in [0, 0.05) is 6.54 Å². The number of carbonyl (C=O) groups excluding carboxylic acids is 1. The van der Waals surface area contributed by atoms with Crippen LogP contribution in [0.4, 0.5) is 0 Å². The molecule has 0 fully saturated rings. The van der Waals surface area contributed by atoms with Crippen LogP contribution in [0.3, 0.4) is 0 Å². The second-order valence-electron chi connectivity index (χ2n) is 5.95. The highest BCUT2D eigenvalue weighted by Crippen LogP contribution is 2.37. The predicted molar refractivity (Wildman–Crippen MR) is 89.5 cm³/mol. The van der Waals surface area contributed by atoms with Gasteiger partial charge in [-0.05, 0) is 0 Å². The summed E-state index contributed by atoms with van der Waals surface area (Å²) in [6, 6.07) is 0. The lowest BCUT2D eigenvalue weighted by Crippen LogP contribution is -2.40. The number of carbonyl (C=O) groups is 1. The molecule has 0 heterocycles. The number of phosphoric ester groups is 1. The zero-order chi connectivity index (χ0) is 18.6. The molecule has 0 saturated heterocycles. The predicted octanol–water partition coefficient (Wildman–Crippen LogP) is -1.12. The van der Waals surface area contributed by atoms with Gasteiger partial charge in [0.2, 0.25) is 5.91 Å².